The maximum atomic E-state index is 13.2. The minimum atomic E-state index is -4.85. The molecule has 0 aliphatic rings. The molecular weight excluding hydrogens is 421 g/mol. The summed E-state index contributed by atoms with van der Waals surface area (Å²) >= 11 is 0. The van der Waals surface area contributed by atoms with Gasteiger partial charge in [-0.05, 0) is 43.2 Å². The molecule has 2 N–H and O–H groups in total. The SMILES string of the molecule is CCC(NC(=O)[C@H](C)NS(=O)(=O)c1ccccc1C(F)(F)F)c1ccc(OC)cc1. The third kappa shape index (κ3) is 5.73. The molecule has 0 radical (unpaired) electrons. The highest BCUT2D eigenvalue weighted by Gasteiger charge is 2.37. The molecule has 2 atom stereocenters. The summed E-state index contributed by atoms with van der Waals surface area (Å²) in [5.74, 6) is -0.0184. The lowest BCUT2D eigenvalue weighted by atomic mass is 10.0. The van der Waals surface area contributed by atoms with Gasteiger partial charge in [-0.15, -0.1) is 0 Å². The number of methoxy groups -OCH3 is 1. The topological polar surface area (TPSA) is 84.5 Å². The number of rotatable bonds is 8. The van der Waals surface area contributed by atoms with E-state index >= 15 is 0 Å². The number of amides is 1. The van der Waals surface area contributed by atoms with E-state index in [4.69, 9.17) is 4.74 Å². The molecule has 164 valence electrons. The minimum Gasteiger partial charge on any atom is -0.497 e. The van der Waals surface area contributed by atoms with Crippen LogP contribution in [0.4, 0.5) is 13.2 Å². The van der Waals surface area contributed by atoms with Gasteiger partial charge >= 0.3 is 6.18 Å². The zero-order valence-corrected chi connectivity index (χ0v) is 17.5. The van der Waals surface area contributed by atoms with E-state index in [0.29, 0.717) is 18.2 Å². The predicted molar refractivity (Wildman–Crippen MR) is 105 cm³/mol. The molecule has 0 saturated carbocycles. The highest BCUT2D eigenvalue weighted by atomic mass is 32.2. The van der Waals surface area contributed by atoms with Gasteiger partial charge in [-0.25, -0.2) is 8.42 Å². The van der Waals surface area contributed by atoms with Crippen molar-refractivity contribution < 1.29 is 31.1 Å². The first-order valence-electron chi connectivity index (χ1n) is 9.12. The van der Waals surface area contributed by atoms with Crippen molar-refractivity contribution in [3.05, 3.63) is 59.7 Å². The molecule has 0 aromatic heterocycles. The lowest BCUT2D eigenvalue weighted by molar-refractivity contribution is -0.139. The maximum Gasteiger partial charge on any atom is 0.417 e. The van der Waals surface area contributed by atoms with Gasteiger partial charge in [0.15, 0.2) is 0 Å². The molecule has 2 rings (SSSR count). The number of hydrogen-bond donors (Lipinski definition) is 2. The van der Waals surface area contributed by atoms with Gasteiger partial charge in [0, 0.05) is 0 Å². The number of nitrogens with one attached hydrogen (secondary N) is 2. The van der Waals surface area contributed by atoms with Gasteiger partial charge in [0.25, 0.3) is 0 Å². The fourth-order valence-electron chi connectivity index (χ4n) is 2.84. The fourth-order valence-corrected chi connectivity index (χ4v) is 4.27. The number of carbonyl (C=O) groups excluding carboxylic acids is 1. The van der Waals surface area contributed by atoms with Crippen LogP contribution in [-0.4, -0.2) is 27.5 Å². The van der Waals surface area contributed by atoms with Gasteiger partial charge in [-0.3, -0.25) is 4.79 Å². The van der Waals surface area contributed by atoms with E-state index in [-0.39, 0.29) is 0 Å². The average Bonchev–Trinajstić information content (AvgIpc) is 2.71. The normalized spacial score (nSPS) is 14.1. The van der Waals surface area contributed by atoms with Crippen molar-refractivity contribution >= 4 is 15.9 Å². The van der Waals surface area contributed by atoms with E-state index in [1.807, 2.05) is 11.6 Å². The van der Waals surface area contributed by atoms with Crippen molar-refractivity contribution in [1.29, 1.82) is 0 Å². The van der Waals surface area contributed by atoms with Crippen LogP contribution >= 0.6 is 0 Å². The Labute approximate surface area is 173 Å². The lowest BCUT2D eigenvalue weighted by Gasteiger charge is -2.22. The molecule has 0 spiro atoms. The molecule has 0 aliphatic heterocycles. The number of alkyl halides is 3. The molecule has 2 aromatic carbocycles. The van der Waals surface area contributed by atoms with Crippen molar-refractivity contribution in [3.8, 4) is 5.75 Å². The smallest absolute Gasteiger partial charge is 0.417 e. The summed E-state index contributed by atoms with van der Waals surface area (Å²) in [5.41, 5.74) is -0.515. The first kappa shape index (κ1) is 23.7. The third-order valence-electron chi connectivity index (χ3n) is 4.45. The summed E-state index contributed by atoms with van der Waals surface area (Å²) in [6.45, 7) is 3.10. The van der Waals surface area contributed by atoms with Gasteiger partial charge in [0.05, 0.1) is 29.7 Å². The fraction of sp³-hybridized carbons (Fsp3) is 0.350. The number of benzene rings is 2. The van der Waals surface area contributed by atoms with Crippen LogP contribution in [0.25, 0.3) is 0 Å². The Morgan fingerprint density at radius 2 is 1.70 bits per heavy atom. The number of carbonyl (C=O) groups is 1. The van der Waals surface area contributed by atoms with Crippen molar-refractivity contribution in [3.63, 3.8) is 0 Å². The van der Waals surface area contributed by atoms with Crippen molar-refractivity contribution in [2.24, 2.45) is 0 Å². The second kappa shape index (κ2) is 9.48. The van der Waals surface area contributed by atoms with Gasteiger partial charge in [0.1, 0.15) is 5.75 Å². The summed E-state index contributed by atoms with van der Waals surface area (Å²) < 4.78 is 71.6. The van der Waals surface area contributed by atoms with E-state index in [2.05, 4.69) is 5.32 Å². The standard InChI is InChI=1S/C20H23F3N2O4S/c1-4-17(14-9-11-15(29-3)12-10-14)24-19(26)13(2)25-30(27,28)18-8-6-5-7-16(18)20(21,22)23/h5-13,17,25H,4H2,1-3H3,(H,24,26)/t13-,17?/m0/s1. The molecule has 0 aliphatic carbocycles. The van der Waals surface area contributed by atoms with E-state index < -0.39 is 44.6 Å². The van der Waals surface area contributed by atoms with Crippen LogP contribution in [0.2, 0.25) is 0 Å². The molecule has 2 aromatic rings. The summed E-state index contributed by atoms with van der Waals surface area (Å²) in [7, 11) is -3.06. The van der Waals surface area contributed by atoms with Gasteiger partial charge in [0.2, 0.25) is 15.9 Å². The van der Waals surface area contributed by atoms with Crippen molar-refractivity contribution in [2.45, 2.75) is 43.4 Å². The number of sulfonamides is 1. The van der Waals surface area contributed by atoms with Crippen LogP contribution in [0.1, 0.15) is 37.4 Å². The second-order valence-corrected chi connectivity index (χ2v) is 8.26. The van der Waals surface area contributed by atoms with Crippen LogP contribution in [0, 0.1) is 0 Å². The Balaban J connectivity index is 2.16. The van der Waals surface area contributed by atoms with Crippen LogP contribution in [0.3, 0.4) is 0 Å². The van der Waals surface area contributed by atoms with Crippen molar-refractivity contribution in [2.75, 3.05) is 7.11 Å². The zero-order chi connectivity index (χ0) is 22.5. The molecule has 0 heterocycles. The largest absolute Gasteiger partial charge is 0.497 e. The maximum absolute atomic E-state index is 13.2. The Hall–Kier alpha value is -2.59. The first-order chi connectivity index (χ1) is 14.0. The van der Waals surface area contributed by atoms with Gasteiger partial charge in [-0.2, -0.15) is 17.9 Å². The Morgan fingerprint density at radius 1 is 1.10 bits per heavy atom. The molecule has 1 unspecified atom stereocenters. The highest BCUT2D eigenvalue weighted by Crippen LogP contribution is 2.34. The van der Waals surface area contributed by atoms with Crippen LogP contribution in [-0.2, 0) is 21.0 Å². The van der Waals surface area contributed by atoms with E-state index in [0.717, 1.165) is 17.7 Å². The third-order valence-corrected chi connectivity index (χ3v) is 6.05. The minimum absolute atomic E-state index is 0.405. The van der Waals surface area contributed by atoms with Crippen LogP contribution in [0.15, 0.2) is 53.4 Å². The molecule has 6 nitrogen and oxygen atoms in total. The van der Waals surface area contributed by atoms with Crippen molar-refractivity contribution in [1.82, 2.24) is 10.0 Å². The van der Waals surface area contributed by atoms with E-state index in [1.54, 1.807) is 24.3 Å². The lowest BCUT2D eigenvalue weighted by Crippen LogP contribution is -2.46. The molecule has 0 bridgehead atoms. The molecule has 1 amide bonds. The second-order valence-electron chi connectivity index (χ2n) is 6.58. The first-order valence-corrected chi connectivity index (χ1v) is 10.6. The molecular formula is C20H23F3N2O4S. The molecule has 0 fully saturated rings. The monoisotopic (exact) mass is 444 g/mol. The van der Waals surface area contributed by atoms with Gasteiger partial charge in [-0.1, -0.05) is 31.2 Å². The number of halogens is 3. The van der Waals surface area contributed by atoms with E-state index in [1.165, 1.54) is 20.1 Å². The number of hydrogen-bond acceptors (Lipinski definition) is 4. The molecule has 30 heavy (non-hydrogen) atoms. The average molecular weight is 444 g/mol. The Bertz CT molecular complexity index is 976. The van der Waals surface area contributed by atoms with Crippen LogP contribution < -0.4 is 14.8 Å². The number of ether oxygens (including phenoxy) is 1. The molecule has 0 saturated heterocycles. The van der Waals surface area contributed by atoms with E-state index in [9.17, 15) is 26.4 Å². The highest BCUT2D eigenvalue weighted by molar-refractivity contribution is 7.89. The Morgan fingerprint density at radius 3 is 2.23 bits per heavy atom. The summed E-state index contributed by atoms with van der Waals surface area (Å²) in [5, 5.41) is 2.71. The summed E-state index contributed by atoms with van der Waals surface area (Å²) in [4.78, 5) is 11.6. The summed E-state index contributed by atoms with van der Waals surface area (Å²) in [6.07, 6.45) is -4.33. The Kier molecular flexibility index (Phi) is 7.49. The predicted octanol–water partition coefficient (Wildman–Crippen LogP) is 3.65. The molecule has 10 heteroatoms. The zero-order valence-electron chi connectivity index (χ0n) is 16.7. The summed E-state index contributed by atoms with van der Waals surface area (Å²) in [6, 6.07) is 9.10. The quantitative estimate of drug-likeness (QED) is 0.651. The van der Waals surface area contributed by atoms with Crippen LogP contribution in [0.5, 0.6) is 5.75 Å². The van der Waals surface area contributed by atoms with Gasteiger partial charge < -0.3 is 10.1 Å².